The Hall–Kier alpha value is -2.23. The van der Waals surface area contributed by atoms with Crippen molar-refractivity contribution in [3.8, 4) is 5.75 Å². The highest BCUT2D eigenvalue weighted by Gasteiger charge is 2.33. The van der Waals surface area contributed by atoms with E-state index in [4.69, 9.17) is 31.5 Å². The van der Waals surface area contributed by atoms with Crippen LogP contribution in [0.2, 0.25) is 5.02 Å². The number of nitrogens with one attached hydrogen (secondary N) is 1. The number of carbonyl (C=O) groups excluding carboxylic acids is 2. The summed E-state index contributed by atoms with van der Waals surface area (Å²) in [6.07, 6.45) is 4.38. The molecule has 0 aromatic heterocycles. The summed E-state index contributed by atoms with van der Waals surface area (Å²) in [5, 5.41) is 3.41. The molecule has 2 heterocycles. The summed E-state index contributed by atoms with van der Waals surface area (Å²) < 4.78 is 16.5. The molecule has 0 radical (unpaired) electrons. The van der Waals surface area contributed by atoms with E-state index in [0.29, 0.717) is 40.5 Å². The number of benzene rings is 1. The highest BCUT2D eigenvalue weighted by molar-refractivity contribution is 6.33. The van der Waals surface area contributed by atoms with Crippen LogP contribution in [-0.2, 0) is 9.47 Å². The number of amides is 2. The first-order valence-electron chi connectivity index (χ1n) is 13.3. The normalized spacial score (nSPS) is 21.2. The molecule has 2 saturated heterocycles. The Labute approximate surface area is 225 Å². The standard InChI is InChI=1S/C27H43ClN4O5/c1-18(2)6-5-13-37-27(34)32-11-7-19(8-12-32)16-31-10-9-23(25(17-31)36-4)30-26(33)20-14-21(28)22(29)15-24(20)35-3/h14-15,18-19,23,25H,5-13,16-17,29H2,1-4H3,(H,30,33)/t23-,25+/m1/s1. The molecule has 3 rings (SSSR count). The molecule has 2 amide bonds. The zero-order chi connectivity index (χ0) is 26.9. The number of rotatable bonds is 10. The molecule has 208 valence electrons. The van der Waals surface area contributed by atoms with Crippen LogP contribution in [0.25, 0.3) is 0 Å². The minimum absolute atomic E-state index is 0.123. The third-order valence-corrected chi connectivity index (χ3v) is 7.69. The number of carbonyl (C=O) groups is 2. The minimum atomic E-state index is -0.261. The van der Waals surface area contributed by atoms with Crippen LogP contribution in [0.5, 0.6) is 5.75 Å². The second kappa shape index (κ2) is 14.1. The van der Waals surface area contributed by atoms with Gasteiger partial charge in [-0.1, -0.05) is 25.4 Å². The van der Waals surface area contributed by atoms with Crippen LogP contribution in [0.4, 0.5) is 10.5 Å². The van der Waals surface area contributed by atoms with Crippen molar-refractivity contribution in [2.24, 2.45) is 11.8 Å². The molecule has 3 N–H and O–H groups in total. The van der Waals surface area contributed by atoms with Gasteiger partial charge in [0, 0.05) is 45.9 Å². The number of anilines is 1. The van der Waals surface area contributed by atoms with Crippen molar-refractivity contribution in [1.29, 1.82) is 0 Å². The van der Waals surface area contributed by atoms with E-state index in [0.717, 1.165) is 64.8 Å². The maximum atomic E-state index is 13.0. The SMILES string of the molecule is COc1cc(N)c(Cl)cc1C(=O)N[C@@H]1CCN(CC2CCN(C(=O)OCCCC(C)C)CC2)C[C@@H]1OC. The maximum absolute atomic E-state index is 13.0. The van der Waals surface area contributed by atoms with Gasteiger partial charge in [0.1, 0.15) is 5.75 Å². The Morgan fingerprint density at radius 2 is 1.89 bits per heavy atom. The average molecular weight is 539 g/mol. The van der Waals surface area contributed by atoms with Crippen LogP contribution in [-0.4, -0.2) is 87.5 Å². The van der Waals surface area contributed by atoms with E-state index in [1.165, 1.54) is 13.2 Å². The molecule has 37 heavy (non-hydrogen) atoms. The van der Waals surface area contributed by atoms with E-state index in [2.05, 4.69) is 24.1 Å². The third-order valence-electron chi connectivity index (χ3n) is 7.37. The number of likely N-dealkylation sites (tertiary alicyclic amines) is 2. The monoisotopic (exact) mass is 538 g/mol. The van der Waals surface area contributed by atoms with Gasteiger partial charge in [0.15, 0.2) is 0 Å². The van der Waals surface area contributed by atoms with Crippen molar-refractivity contribution in [3.05, 3.63) is 22.7 Å². The quantitative estimate of drug-likeness (QED) is 0.342. The van der Waals surface area contributed by atoms with Gasteiger partial charge in [0.2, 0.25) is 0 Å². The predicted molar refractivity (Wildman–Crippen MR) is 145 cm³/mol. The number of nitrogens with zero attached hydrogens (tertiary/aromatic N) is 2. The molecular formula is C27H43ClN4O5. The molecule has 9 nitrogen and oxygen atoms in total. The molecule has 2 aliphatic rings. The molecule has 2 atom stereocenters. The van der Waals surface area contributed by atoms with Crippen LogP contribution >= 0.6 is 11.6 Å². The molecule has 0 bridgehead atoms. The van der Waals surface area contributed by atoms with Gasteiger partial charge < -0.3 is 35.1 Å². The average Bonchev–Trinajstić information content (AvgIpc) is 2.88. The van der Waals surface area contributed by atoms with E-state index >= 15 is 0 Å². The van der Waals surface area contributed by atoms with Gasteiger partial charge in [-0.05, 0) is 50.0 Å². The number of nitrogens with two attached hydrogens (primary N) is 1. The molecular weight excluding hydrogens is 496 g/mol. The van der Waals surface area contributed by atoms with Gasteiger partial charge in [-0.3, -0.25) is 4.79 Å². The maximum Gasteiger partial charge on any atom is 0.409 e. The van der Waals surface area contributed by atoms with Crippen molar-refractivity contribution >= 4 is 29.3 Å². The molecule has 0 unspecified atom stereocenters. The molecule has 0 aliphatic carbocycles. The van der Waals surface area contributed by atoms with E-state index in [1.807, 2.05) is 4.90 Å². The number of piperidine rings is 2. The zero-order valence-electron chi connectivity index (χ0n) is 22.6. The number of methoxy groups -OCH3 is 2. The smallest absolute Gasteiger partial charge is 0.409 e. The fraction of sp³-hybridized carbons (Fsp3) is 0.704. The lowest BCUT2D eigenvalue weighted by Gasteiger charge is -2.40. The van der Waals surface area contributed by atoms with Crippen LogP contribution in [0.1, 0.15) is 56.3 Å². The van der Waals surface area contributed by atoms with Gasteiger partial charge in [-0.15, -0.1) is 0 Å². The second-order valence-electron chi connectivity index (χ2n) is 10.6. The van der Waals surface area contributed by atoms with Gasteiger partial charge in [0.05, 0.1) is 42.1 Å². The molecule has 2 fully saturated rings. The summed E-state index contributed by atoms with van der Waals surface area (Å²) >= 11 is 6.14. The number of nitrogen functional groups attached to an aromatic ring is 1. The largest absolute Gasteiger partial charge is 0.496 e. The first-order chi connectivity index (χ1) is 17.7. The Morgan fingerprint density at radius 1 is 1.16 bits per heavy atom. The molecule has 0 saturated carbocycles. The third kappa shape index (κ3) is 8.38. The van der Waals surface area contributed by atoms with E-state index in [1.54, 1.807) is 13.2 Å². The topological polar surface area (TPSA) is 106 Å². The number of hydrogen-bond acceptors (Lipinski definition) is 7. The molecule has 10 heteroatoms. The van der Waals surface area contributed by atoms with Crippen molar-refractivity contribution < 1.29 is 23.8 Å². The lowest BCUT2D eigenvalue weighted by atomic mass is 9.94. The summed E-state index contributed by atoms with van der Waals surface area (Å²) in [4.78, 5) is 29.6. The van der Waals surface area contributed by atoms with Crippen LogP contribution in [0, 0.1) is 11.8 Å². The zero-order valence-corrected chi connectivity index (χ0v) is 23.4. The number of halogens is 1. The highest BCUT2D eigenvalue weighted by Crippen LogP contribution is 2.29. The van der Waals surface area contributed by atoms with Gasteiger partial charge >= 0.3 is 6.09 Å². The number of hydrogen-bond donors (Lipinski definition) is 2. The van der Waals surface area contributed by atoms with Crippen molar-refractivity contribution in [1.82, 2.24) is 15.1 Å². The lowest BCUT2D eigenvalue weighted by Crippen LogP contribution is -2.55. The van der Waals surface area contributed by atoms with E-state index < -0.39 is 0 Å². The fourth-order valence-corrected chi connectivity index (χ4v) is 5.28. The Balaban J connectivity index is 1.44. The van der Waals surface area contributed by atoms with E-state index in [9.17, 15) is 9.59 Å². The summed E-state index contributed by atoms with van der Waals surface area (Å²) in [5.41, 5.74) is 6.56. The minimum Gasteiger partial charge on any atom is -0.496 e. The summed E-state index contributed by atoms with van der Waals surface area (Å²) in [5.74, 6) is 1.27. The summed E-state index contributed by atoms with van der Waals surface area (Å²) in [6, 6.07) is 2.98. The Bertz CT molecular complexity index is 907. The highest BCUT2D eigenvalue weighted by atomic mass is 35.5. The summed E-state index contributed by atoms with van der Waals surface area (Å²) in [7, 11) is 3.18. The van der Waals surface area contributed by atoms with Crippen molar-refractivity contribution in [2.75, 3.05) is 59.3 Å². The van der Waals surface area contributed by atoms with Crippen molar-refractivity contribution in [3.63, 3.8) is 0 Å². The van der Waals surface area contributed by atoms with Gasteiger partial charge in [0.25, 0.3) is 5.91 Å². The fourth-order valence-electron chi connectivity index (χ4n) is 5.12. The first-order valence-corrected chi connectivity index (χ1v) is 13.7. The second-order valence-corrected chi connectivity index (χ2v) is 11.0. The van der Waals surface area contributed by atoms with Crippen LogP contribution in [0.15, 0.2) is 12.1 Å². The molecule has 0 spiro atoms. The lowest BCUT2D eigenvalue weighted by molar-refractivity contribution is -0.00144. The Kier molecular flexibility index (Phi) is 11.2. The summed E-state index contributed by atoms with van der Waals surface area (Å²) in [6.45, 7) is 8.88. The van der Waals surface area contributed by atoms with E-state index in [-0.39, 0.29) is 24.1 Å². The molecule has 2 aliphatic heterocycles. The number of ether oxygens (including phenoxy) is 3. The molecule has 1 aromatic rings. The van der Waals surface area contributed by atoms with Crippen LogP contribution in [0.3, 0.4) is 0 Å². The Morgan fingerprint density at radius 3 is 2.54 bits per heavy atom. The van der Waals surface area contributed by atoms with Gasteiger partial charge in [-0.25, -0.2) is 4.79 Å². The van der Waals surface area contributed by atoms with Crippen molar-refractivity contribution in [2.45, 2.75) is 58.1 Å². The van der Waals surface area contributed by atoms with Crippen LogP contribution < -0.4 is 15.8 Å². The van der Waals surface area contributed by atoms with Gasteiger partial charge in [-0.2, -0.15) is 0 Å². The molecule has 1 aromatic carbocycles. The first kappa shape index (κ1) is 29.3. The predicted octanol–water partition coefficient (Wildman–Crippen LogP) is 4.03.